The number of methoxy groups -OCH3 is 1. The van der Waals surface area contributed by atoms with Gasteiger partial charge in [-0.15, -0.1) is 0 Å². The van der Waals surface area contributed by atoms with Crippen LogP contribution in [-0.2, 0) is 14.3 Å². The third kappa shape index (κ3) is 2.59. The van der Waals surface area contributed by atoms with Crippen molar-refractivity contribution in [3.63, 3.8) is 0 Å². The number of benzene rings is 2. The first-order valence-electron chi connectivity index (χ1n) is 7.40. The van der Waals surface area contributed by atoms with Gasteiger partial charge in [-0.1, -0.05) is 60.7 Å². The number of hydrogen-bond acceptors (Lipinski definition) is 4. The van der Waals surface area contributed by atoms with Crippen molar-refractivity contribution in [3.05, 3.63) is 71.8 Å². The number of esters is 1. The van der Waals surface area contributed by atoms with Crippen molar-refractivity contribution in [2.45, 2.75) is 18.1 Å². The van der Waals surface area contributed by atoms with Gasteiger partial charge in [0.25, 0.3) is 0 Å². The second-order valence-electron chi connectivity index (χ2n) is 5.46. The van der Waals surface area contributed by atoms with Gasteiger partial charge < -0.3 is 15.4 Å². The number of rotatable bonds is 4. The molecule has 1 saturated heterocycles. The zero-order chi connectivity index (χ0) is 16.4. The molecule has 3 rings (SSSR count). The highest BCUT2D eigenvalue weighted by Gasteiger charge is 2.51. The smallest absolute Gasteiger partial charge is 0.333 e. The maximum atomic E-state index is 12.4. The van der Waals surface area contributed by atoms with E-state index in [1.165, 1.54) is 12.0 Å². The molecule has 0 aromatic heterocycles. The summed E-state index contributed by atoms with van der Waals surface area (Å²) in [6, 6.07) is 16.8. The van der Waals surface area contributed by atoms with Gasteiger partial charge in [0.05, 0.1) is 13.2 Å². The lowest BCUT2D eigenvalue weighted by Gasteiger charge is -2.48. The Labute approximate surface area is 134 Å². The molecule has 1 aliphatic rings. The number of nitrogens with zero attached hydrogens (tertiary/aromatic N) is 1. The van der Waals surface area contributed by atoms with Crippen LogP contribution in [0.25, 0.3) is 0 Å². The minimum Gasteiger partial charge on any atom is -0.467 e. The van der Waals surface area contributed by atoms with Gasteiger partial charge in [0.15, 0.2) is 6.04 Å². The van der Waals surface area contributed by atoms with E-state index in [-0.39, 0.29) is 11.9 Å². The second-order valence-corrected chi connectivity index (χ2v) is 5.46. The maximum absolute atomic E-state index is 12.4. The standard InChI is InChI=1S/C18H18N2O3/c1-23-18(22)16(13-10-6-3-7-11-13)20-15(14(19)17(20)21)12-8-4-2-5-9-12/h2-11,14-16H,19H2,1H3/t14-,15-,16+/m0/s1. The SMILES string of the molecule is COC(=O)[C@@H](c1ccccc1)N1C(=O)[C@@H](N)[C@@H]1c1ccccc1. The zero-order valence-electron chi connectivity index (χ0n) is 12.8. The summed E-state index contributed by atoms with van der Waals surface area (Å²) in [5.41, 5.74) is 7.62. The molecule has 0 bridgehead atoms. The monoisotopic (exact) mass is 310 g/mol. The minimum absolute atomic E-state index is 0.252. The number of β-lactam (4-membered cyclic amide) rings is 1. The van der Waals surface area contributed by atoms with Gasteiger partial charge in [-0.25, -0.2) is 4.79 Å². The number of likely N-dealkylation sites (tertiary alicyclic amines) is 1. The van der Waals surface area contributed by atoms with Crippen LogP contribution in [0.2, 0.25) is 0 Å². The van der Waals surface area contributed by atoms with Crippen LogP contribution in [0, 0.1) is 0 Å². The fourth-order valence-electron chi connectivity index (χ4n) is 3.00. The third-order valence-electron chi connectivity index (χ3n) is 4.14. The molecule has 5 heteroatoms. The van der Waals surface area contributed by atoms with Crippen LogP contribution in [-0.4, -0.2) is 29.9 Å². The largest absolute Gasteiger partial charge is 0.467 e. The fourth-order valence-corrected chi connectivity index (χ4v) is 3.00. The highest BCUT2D eigenvalue weighted by atomic mass is 16.5. The molecule has 0 aliphatic carbocycles. The van der Waals surface area contributed by atoms with Crippen LogP contribution in [0.4, 0.5) is 0 Å². The van der Waals surface area contributed by atoms with E-state index in [2.05, 4.69) is 0 Å². The molecule has 0 unspecified atom stereocenters. The summed E-state index contributed by atoms with van der Waals surface area (Å²) in [6.07, 6.45) is 0. The molecule has 5 nitrogen and oxygen atoms in total. The lowest BCUT2D eigenvalue weighted by molar-refractivity contribution is -0.166. The van der Waals surface area contributed by atoms with Crippen LogP contribution >= 0.6 is 0 Å². The minimum atomic E-state index is -0.793. The molecule has 2 N–H and O–H groups in total. The fraction of sp³-hybridized carbons (Fsp3) is 0.222. The van der Waals surface area contributed by atoms with Gasteiger partial charge in [0.2, 0.25) is 5.91 Å². The first kappa shape index (κ1) is 15.2. The van der Waals surface area contributed by atoms with Crippen molar-refractivity contribution in [1.29, 1.82) is 0 Å². The lowest BCUT2D eigenvalue weighted by Crippen LogP contribution is -2.64. The Bertz CT molecular complexity index is 703. The summed E-state index contributed by atoms with van der Waals surface area (Å²) in [7, 11) is 1.32. The zero-order valence-corrected chi connectivity index (χ0v) is 12.8. The van der Waals surface area contributed by atoms with Crippen molar-refractivity contribution >= 4 is 11.9 Å². The summed E-state index contributed by atoms with van der Waals surface area (Å²) in [5, 5.41) is 0. The van der Waals surface area contributed by atoms with E-state index in [1.807, 2.05) is 48.5 Å². The van der Waals surface area contributed by atoms with E-state index in [0.29, 0.717) is 5.56 Å². The Hall–Kier alpha value is -2.66. The molecular formula is C18H18N2O3. The molecule has 1 heterocycles. The van der Waals surface area contributed by atoms with Crippen LogP contribution in [0.15, 0.2) is 60.7 Å². The van der Waals surface area contributed by atoms with E-state index in [1.54, 1.807) is 12.1 Å². The summed E-state index contributed by atoms with van der Waals surface area (Å²) in [5.74, 6) is -0.726. The van der Waals surface area contributed by atoms with Crippen molar-refractivity contribution in [3.8, 4) is 0 Å². The van der Waals surface area contributed by atoms with Crippen LogP contribution in [0.5, 0.6) is 0 Å². The second kappa shape index (κ2) is 6.22. The molecule has 118 valence electrons. The first-order chi connectivity index (χ1) is 11.1. The molecule has 2 aromatic carbocycles. The average Bonchev–Trinajstić information content (AvgIpc) is 2.62. The number of carbonyl (C=O) groups is 2. The summed E-state index contributed by atoms with van der Waals surface area (Å²) in [6.45, 7) is 0. The van der Waals surface area contributed by atoms with E-state index < -0.39 is 18.1 Å². The van der Waals surface area contributed by atoms with Gasteiger partial charge in [0, 0.05) is 0 Å². The first-order valence-corrected chi connectivity index (χ1v) is 7.40. The van der Waals surface area contributed by atoms with Gasteiger partial charge in [-0.3, -0.25) is 4.79 Å². The molecule has 2 aromatic rings. The van der Waals surface area contributed by atoms with E-state index in [4.69, 9.17) is 10.5 Å². The van der Waals surface area contributed by atoms with E-state index >= 15 is 0 Å². The molecule has 0 saturated carbocycles. The number of hydrogen-bond donors (Lipinski definition) is 1. The average molecular weight is 310 g/mol. The molecule has 1 amide bonds. The maximum Gasteiger partial charge on any atom is 0.333 e. The quantitative estimate of drug-likeness (QED) is 0.690. The van der Waals surface area contributed by atoms with Gasteiger partial charge in [-0.05, 0) is 11.1 Å². The highest BCUT2D eigenvalue weighted by Crippen LogP contribution is 2.41. The predicted molar refractivity (Wildman–Crippen MR) is 85.2 cm³/mol. The summed E-state index contributed by atoms with van der Waals surface area (Å²) < 4.78 is 4.92. The van der Waals surface area contributed by atoms with Gasteiger partial charge >= 0.3 is 5.97 Å². The topological polar surface area (TPSA) is 72.6 Å². The third-order valence-corrected chi connectivity index (χ3v) is 4.14. The Morgan fingerprint density at radius 1 is 1.09 bits per heavy atom. The summed E-state index contributed by atoms with van der Waals surface area (Å²) >= 11 is 0. The Morgan fingerprint density at radius 2 is 1.65 bits per heavy atom. The van der Waals surface area contributed by atoms with E-state index in [0.717, 1.165) is 5.56 Å². The van der Waals surface area contributed by atoms with Crippen molar-refractivity contribution in [1.82, 2.24) is 4.90 Å². The molecule has 3 atom stereocenters. The number of nitrogens with two attached hydrogens (primary N) is 1. The van der Waals surface area contributed by atoms with Crippen molar-refractivity contribution < 1.29 is 14.3 Å². The van der Waals surface area contributed by atoms with Crippen LogP contribution < -0.4 is 5.73 Å². The molecule has 0 radical (unpaired) electrons. The lowest BCUT2D eigenvalue weighted by atomic mass is 9.85. The highest BCUT2D eigenvalue weighted by molar-refractivity contribution is 5.94. The molecule has 23 heavy (non-hydrogen) atoms. The van der Waals surface area contributed by atoms with Crippen molar-refractivity contribution in [2.24, 2.45) is 5.73 Å². The molecule has 0 spiro atoms. The van der Waals surface area contributed by atoms with E-state index in [9.17, 15) is 9.59 Å². The van der Waals surface area contributed by atoms with Gasteiger partial charge in [0.1, 0.15) is 6.04 Å². The van der Waals surface area contributed by atoms with Crippen molar-refractivity contribution in [2.75, 3.05) is 7.11 Å². The molecule has 1 aliphatic heterocycles. The molecular weight excluding hydrogens is 292 g/mol. The van der Waals surface area contributed by atoms with Crippen LogP contribution in [0.1, 0.15) is 23.2 Å². The van der Waals surface area contributed by atoms with Gasteiger partial charge in [-0.2, -0.15) is 0 Å². The Morgan fingerprint density at radius 3 is 2.22 bits per heavy atom. The number of ether oxygens (including phenoxy) is 1. The number of amides is 1. The Balaban J connectivity index is 2.01. The molecule has 1 fully saturated rings. The normalized spacial score (nSPS) is 21.5. The summed E-state index contributed by atoms with van der Waals surface area (Å²) in [4.78, 5) is 26.2. The predicted octanol–water partition coefficient (Wildman–Crippen LogP) is 1.81. The number of carbonyl (C=O) groups excluding carboxylic acids is 2. The Kier molecular flexibility index (Phi) is 4.12. The van der Waals surface area contributed by atoms with Crippen LogP contribution in [0.3, 0.4) is 0 Å².